The number of amides is 1. The van der Waals surface area contributed by atoms with Crippen molar-refractivity contribution in [2.45, 2.75) is 32.5 Å². The maximum absolute atomic E-state index is 11.8. The van der Waals surface area contributed by atoms with Crippen LogP contribution in [-0.4, -0.2) is 45.6 Å². The van der Waals surface area contributed by atoms with Crippen LogP contribution in [0.3, 0.4) is 0 Å². The molecule has 2 heterocycles. The van der Waals surface area contributed by atoms with Crippen molar-refractivity contribution < 1.29 is 15.0 Å². The van der Waals surface area contributed by atoms with Gasteiger partial charge in [0.25, 0.3) is 0 Å². The molecule has 19 heavy (non-hydrogen) atoms. The molecule has 1 aromatic heterocycles. The van der Waals surface area contributed by atoms with Crippen molar-refractivity contribution in [2.75, 3.05) is 13.6 Å². The maximum atomic E-state index is 11.8. The van der Waals surface area contributed by atoms with E-state index >= 15 is 0 Å². The van der Waals surface area contributed by atoms with E-state index in [9.17, 15) is 15.0 Å². The van der Waals surface area contributed by atoms with Gasteiger partial charge < -0.3 is 20.4 Å². The number of nitrogens with zero attached hydrogens (tertiary/aromatic N) is 2. The molecule has 0 radical (unpaired) electrons. The average molecular weight is 265 g/mol. The molecule has 1 atom stereocenters. The fourth-order valence-corrected chi connectivity index (χ4v) is 2.25. The lowest BCUT2D eigenvalue weighted by Crippen LogP contribution is -2.36. The van der Waals surface area contributed by atoms with E-state index in [1.165, 1.54) is 0 Å². The van der Waals surface area contributed by atoms with E-state index in [1.807, 2.05) is 0 Å². The fourth-order valence-electron chi connectivity index (χ4n) is 2.25. The summed E-state index contributed by atoms with van der Waals surface area (Å²) in [6.07, 6.45) is 2.31. The molecule has 0 aromatic carbocycles. The first kappa shape index (κ1) is 13.8. The second-order valence-electron chi connectivity index (χ2n) is 4.84. The minimum atomic E-state index is -0.218. The second-order valence-corrected chi connectivity index (χ2v) is 4.84. The summed E-state index contributed by atoms with van der Waals surface area (Å²) in [6, 6.07) is -0.218. The quantitative estimate of drug-likeness (QED) is 0.708. The Bertz CT molecular complexity index is 490. The number of aromatic nitrogens is 1. The van der Waals surface area contributed by atoms with Gasteiger partial charge in [-0.15, -0.1) is 0 Å². The monoisotopic (exact) mass is 265 g/mol. The highest BCUT2D eigenvalue weighted by Crippen LogP contribution is 2.24. The van der Waals surface area contributed by atoms with E-state index in [2.05, 4.69) is 10.3 Å². The van der Waals surface area contributed by atoms with Gasteiger partial charge in [-0.25, -0.2) is 0 Å². The molecular weight excluding hydrogens is 246 g/mol. The molecule has 0 bridgehead atoms. The Morgan fingerprint density at radius 2 is 2.32 bits per heavy atom. The number of likely N-dealkylation sites (tertiary alicyclic amines) is 1. The van der Waals surface area contributed by atoms with Gasteiger partial charge in [0.05, 0.1) is 18.3 Å². The molecule has 0 saturated carbocycles. The Morgan fingerprint density at radius 1 is 1.58 bits per heavy atom. The molecule has 1 aromatic rings. The van der Waals surface area contributed by atoms with Crippen LogP contribution in [0.1, 0.15) is 23.2 Å². The van der Waals surface area contributed by atoms with Crippen LogP contribution in [0.5, 0.6) is 5.75 Å². The molecule has 104 valence electrons. The Morgan fingerprint density at radius 3 is 2.89 bits per heavy atom. The van der Waals surface area contributed by atoms with Gasteiger partial charge in [-0.1, -0.05) is 0 Å². The van der Waals surface area contributed by atoms with E-state index in [-0.39, 0.29) is 24.3 Å². The number of nitrogens with one attached hydrogen (secondary N) is 1. The number of hydrogen-bond donors (Lipinski definition) is 3. The SMILES string of the molecule is Cc1ncc(CO)c(CNC2CCN(C)C2=O)c1O. The summed E-state index contributed by atoms with van der Waals surface area (Å²) in [6.45, 7) is 2.60. The van der Waals surface area contributed by atoms with Crippen LogP contribution >= 0.6 is 0 Å². The molecule has 1 fully saturated rings. The summed E-state index contributed by atoms with van der Waals surface area (Å²) in [7, 11) is 1.78. The first-order chi connectivity index (χ1) is 9.04. The van der Waals surface area contributed by atoms with E-state index in [0.717, 1.165) is 13.0 Å². The number of aliphatic hydroxyl groups is 1. The highest BCUT2D eigenvalue weighted by atomic mass is 16.3. The van der Waals surface area contributed by atoms with E-state index in [4.69, 9.17) is 0 Å². The van der Waals surface area contributed by atoms with Gasteiger partial charge in [-0.3, -0.25) is 9.78 Å². The minimum Gasteiger partial charge on any atom is -0.506 e. The molecule has 0 spiro atoms. The minimum absolute atomic E-state index is 0.0656. The van der Waals surface area contributed by atoms with Crippen LogP contribution in [0.4, 0.5) is 0 Å². The number of carbonyl (C=O) groups excluding carboxylic acids is 1. The van der Waals surface area contributed by atoms with E-state index in [1.54, 1.807) is 25.1 Å². The predicted octanol–water partition coefficient (Wildman–Crippen LogP) is -0.0918. The zero-order valence-electron chi connectivity index (χ0n) is 11.2. The molecule has 6 nitrogen and oxygen atoms in total. The third-order valence-electron chi connectivity index (χ3n) is 3.55. The number of aryl methyl sites for hydroxylation is 1. The standard InChI is InChI=1S/C13H19N3O3/c1-8-12(18)10(9(7-17)5-14-8)6-15-11-3-4-16(2)13(11)19/h5,11,15,17-18H,3-4,6-7H2,1-2H3. The highest BCUT2D eigenvalue weighted by Gasteiger charge is 2.28. The van der Waals surface area contributed by atoms with Crippen molar-refractivity contribution >= 4 is 5.91 Å². The van der Waals surface area contributed by atoms with E-state index < -0.39 is 0 Å². The lowest BCUT2D eigenvalue weighted by Gasteiger charge is -2.15. The molecule has 1 saturated heterocycles. The first-order valence-electron chi connectivity index (χ1n) is 6.30. The summed E-state index contributed by atoms with van der Waals surface area (Å²) >= 11 is 0. The lowest BCUT2D eigenvalue weighted by molar-refractivity contribution is -0.128. The number of carbonyl (C=O) groups is 1. The van der Waals surface area contributed by atoms with Gasteiger partial charge in [-0.05, 0) is 13.3 Å². The Kier molecular flexibility index (Phi) is 4.01. The summed E-state index contributed by atoms with van der Waals surface area (Å²) in [5, 5.41) is 22.4. The average Bonchev–Trinajstić information content (AvgIpc) is 2.72. The Hall–Kier alpha value is -1.66. The van der Waals surface area contributed by atoms with Crippen LogP contribution in [0.2, 0.25) is 0 Å². The zero-order valence-corrected chi connectivity index (χ0v) is 11.2. The zero-order chi connectivity index (χ0) is 14.0. The number of aromatic hydroxyl groups is 1. The number of likely N-dealkylation sites (N-methyl/N-ethyl adjacent to an activating group) is 1. The largest absolute Gasteiger partial charge is 0.506 e. The number of pyridine rings is 1. The molecule has 0 aliphatic carbocycles. The molecule has 6 heteroatoms. The molecule has 1 amide bonds. The van der Waals surface area contributed by atoms with E-state index in [0.29, 0.717) is 23.4 Å². The normalized spacial score (nSPS) is 19.2. The number of hydrogen-bond acceptors (Lipinski definition) is 5. The molecule has 3 N–H and O–H groups in total. The van der Waals surface area contributed by atoms with Crippen molar-refractivity contribution in [3.05, 3.63) is 23.0 Å². The molecule has 1 aliphatic heterocycles. The second kappa shape index (κ2) is 5.54. The van der Waals surface area contributed by atoms with Gasteiger partial charge in [0.1, 0.15) is 5.75 Å². The fraction of sp³-hybridized carbons (Fsp3) is 0.538. The van der Waals surface area contributed by atoms with Crippen molar-refractivity contribution in [2.24, 2.45) is 0 Å². The van der Waals surface area contributed by atoms with Crippen LogP contribution in [0.25, 0.3) is 0 Å². The Balaban J connectivity index is 2.11. The van der Waals surface area contributed by atoms with Crippen molar-refractivity contribution in [3.8, 4) is 5.75 Å². The van der Waals surface area contributed by atoms with Crippen LogP contribution < -0.4 is 5.32 Å². The molecular formula is C13H19N3O3. The smallest absolute Gasteiger partial charge is 0.239 e. The summed E-state index contributed by atoms with van der Waals surface area (Å²) in [5.41, 5.74) is 1.70. The Labute approximate surface area is 112 Å². The van der Waals surface area contributed by atoms with Crippen molar-refractivity contribution in [1.82, 2.24) is 15.2 Å². The lowest BCUT2D eigenvalue weighted by atomic mass is 10.1. The third kappa shape index (κ3) is 2.69. The van der Waals surface area contributed by atoms with Gasteiger partial charge in [-0.2, -0.15) is 0 Å². The van der Waals surface area contributed by atoms with Gasteiger partial charge in [0.15, 0.2) is 0 Å². The first-order valence-corrected chi connectivity index (χ1v) is 6.30. The van der Waals surface area contributed by atoms with Crippen LogP contribution in [0.15, 0.2) is 6.20 Å². The van der Waals surface area contributed by atoms with Gasteiger partial charge in [0.2, 0.25) is 5.91 Å². The van der Waals surface area contributed by atoms with Crippen molar-refractivity contribution in [1.29, 1.82) is 0 Å². The van der Waals surface area contributed by atoms with Gasteiger partial charge in [0, 0.05) is 37.5 Å². The molecule has 1 aliphatic rings. The topological polar surface area (TPSA) is 85.7 Å². The summed E-state index contributed by atoms with van der Waals surface area (Å²) in [5.74, 6) is 0.147. The number of aliphatic hydroxyl groups excluding tert-OH is 1. The third-order valence-corrected chi connectivity index (χ3v) is 3.55. The molecule has 1 unspecified atom stereocenters. The summed E-state index contributed by atoms with van der Waals surface area (Å²) in [4.78, 5) is 17.5. The van der Waals surface area contributed by atoms with Crippen molar-refractivity contribution in [3.63, 3.8) is 0 Å². The van der Waals surface area contributed by atoms with Crippen LogP contribution in [-0.2, 0) is 17.9 Å². The predicted molar refractivity (Wildman–Crippen MR) is 69.4 cm³/mol. The summed E-state index contributed by atoms with van der Waals surface area (Å²) < 4.78 is 0. The number of rotatable bonds is 4. The van der Waals surface area contributed by atoms with Gasteiger partial charge >= 0.3 is 0 Å². The van der Waals surface area contributed by atoms with Crippen LogP contribution in [0, 0.1) is 6.92 Å². The molecule has 2 rings (SSSR count). The highest BCUT2D eigenvalue weighted by molar-refractivity contribution is 5.83. The maximum Gasteiger partial charge on any atom is 0.239 e.